The van der Waals surface area contributed by atoms with Crippen LogP contribution in [0.4, 0.5) is 19.0 Å². The van der Waals surface area contributed by atoms with Gasteiger partial charge in [-0.25, -0.2) is 4.98 Å². The number of hydrogen-bond donors (Lipinski definition) is 0. The van der Waals surface area contributed by atoms with Gasteiger partial charge in [-0.05, 0) is 53.1 Å². The van der Waals surface area contributed by atoms with Gasteiger partial charge in [0.15, 0.2) is 0 Å². The standard InChI is InChI=1S/C27H27F3N6O2/c1-34-15-31-33-24(34)8-26(13-38-14-26)20-3-2-17-12-36(25(37)21(17)7-20)23-5-16(4-22(32-23)27(28,29)30)9-35-10-18-6-19(18)11-35/h2-5,7,15,18-19H,6,8-14H2,1H3. The summed E-state index contributed by atoms with van der Waals surface area (Å²) >= 11 is 0. The molecule has 1 amide bonds. The number of carbonyl (C=O) groups excluding carboxylic acids is 1. The number of rotatable bonds is 6. The van der Waals surface area contributed by atoms with E-state index >= 15 is 0 Å². The van der Waals surface area contributed by atoms with E-state index in [-0.39, 0.29) is 23.7 Å². The molecule has 1 aromatic carbocycles. The molecule has 0 spiro atoms. The smallest absolute Gasteiger partial charge is 0.379 e. The second kappa shape index (κ2) is 8.34. The lowest BCUT2D eigenvalue weighted by atomic mass is 9.75. The highest BCUT2D eigenvalue weighted by Gasteiger charge is 2.45. The zero-order valence-electron chi connectivity index (χ0n) is 20.9. The third-order valence-electron chi connectivity index (χ3n) is 8.48. The highest BCUT2D eigenvalue weighted by molar-refractivity contribution is 6.09. The lowest BCUT2D eigenvalue weighted by Crippen LogP contribution is -2.49. The maximum Gasteiger partial charge on any atom is 0.433 e. The Kier molecular flexibility index (Phi) is 5.22. The molecule has 2 atom stereocenters. The van der Waals surface area contributed by atoms with Crippen molar-refractivity contribution in [1.29, 1.82) is 0 Å². The van der Waals surface area contributed by atoms with Crippen LogP contribution >= 0.6 is 0 Å². The van der Waals surface area contributed by atoms with E-state index in [0.29, 0.717) is 49.1 Å². The van der Waals surface area contributed by atoms with Gasteiger partial charge < -0.3 is 9.30 Å². The second-order valence-electron chi connectivity index (χ2n) is 11.2. The maximum absolute atomic E-state index is 13.8. The van der Waals surface area contributed by atoms with Gasteiger partial charge in [-0.1, -0.05) is 12.1 Å². The lowest BCUT2D eigenvalue weighted by molar-refractivity contribution is -0.141. The zero-order chi connectivity index (χ0) is 26.2. The van der Waals surface area contributed by atoms with Crippen LogP contribution in [0.2, 0.25) is 0 Å². The van der Waals surface area contributed by atoms with Crippen LogP contribution in [-0.4, -0.2) is 56.9 Å². The molecule has 3 aromatic rings. The summed E-state index contributed by atoms with van der Waals surface area (Å²) in [6.07, 6.45) is -1.12. The van der Waals surface area contributed by atoms with Crippen molar-refractivity contribution in [3.8, 4) is 0 Å². The van der Waals surface area contributed by atoms with Crippen LogP contribution in [0.1, 0.15) is 45.0 Å². The molecule has 4 aliphatic rings. The van der Waals surface area contributed by atoms with Crippen molar-refractivity contribution in [3.63, 3.8) is 0 Å². The number of aromatic nitrogens is 4. The minimum atomic E-state index is -4.60. The van der Waals surface area contributed by atoms with Gasteiger partial charge >= 0.3 is 6.18 Å². The molecule has 1 saturated carbocycles. The van der Waals surface area contributed by atoms with Gasteiger partial charge in [0.1, 0.15) is 23.7 Å². The average Bonchev–Trinajstić information content (AvgIpc) is 3.14. The predicted octanol–water partition coefficient (Wildman–Crippen LogP) is 3.35. The van der Waals surface area contributed by atoms with E-state index in [4.69, 9.17) is 4.74 Å². The van der Waals surface area contributed by atoms with Gasteiger partial charge in [-0.15, -0.1) is 10.2 Å². The number of halogens is 3. The number of piperidine rings is 1. The first-order valence-corrected chi connectivity index (χ1v) is 12.8. The number of aryl methyl sites for hydroxylation is 1. The van der Waals surface area contributed by atoms with Gasteiger partial charge in [0, 0.05) is 44.1 Å². The van der Waals surface area contributed by atoms with Crippen molar-refractivity contribution in [3.05, 3.63) is 70.4 Å². The number of hydrogen-bond acceptors (Lipinski definition) is 6. The fraction of sp³-hybridized carbons (Fsp3) is 0.481. The first-order valence-electron chi connectivity index (χ1n) is 12.8. The van der Waals surface area contributed by atoms with Crippen LogP contribution < -0.4 is 4.90 Å². The number of ether oxygens (including phenoxy) is 1. The summed E-state index contributed by atoms with van der Waals surface area (Å²) in [4.78, 5) is 21.0. The number of amides is 1. The summed E-state index contributed by atoms with van der Waals surface area (Å²) in [5.41, 5.74) is 1.45. The molecule has 2 aromatic heterocycles. The summed E-state index contributed by atoms with van der Waals surface area (Å²) in [7, 11) is 1.88. The molecule has 198 valence electrons. The molecule has 3 fully saturated rings. The molecular formula is C27H27F3N6O2. The summed E-state index contributed by atoms with van der Waals surface area (Å²) < 4.78 is 48.8. The van der Waals surface area contributed by atoms with Gasteiger partial charge in [-0.3, -0.25) is 14.6 Å². The molecule has 0 bridgehead atoms. The monoisotopic (exact) mass is 524 g/mol. The van der Waals surface area contributed by atoms with E-state index in [1.54, 1.807) is 12.4 Å². The Bertz CT molecular complexity index is 1420. The van der Waals surface area contributed by atoms with Crippen molar-refractivity contribution in [2.45, 2.75) is 37.5 Å². The first-order chi connectivity index (χ1) is 18.2. The van der Waals surface area contributed by atoms with E-state index in [1.807, 2.05) is 29.8 Å². The van der Waals surface area contributed by atoms with E-state index in [2.05, 4.69) is 20.1 Å². The van der Waals surface area contributed by atoms with Crippen molar-refractivity contribution in [2.75, 3.05) is 31.2 Å². The van der Waals surface area contributed by atoms with Crippen molar-refractivity contribution in [2.24, 2.45) is 18.9 Å². The molecule has 7 rings (SSSR count). The quantitative estimate of drug-likeness (QED) is 0.493. The molecule has 0 radical (unpaired) electrons. The lowest BCUT2D eigenvalue weighted by Gasteiger charge is -2.41. The number of pyridine rings is 1. The van der Waals surface area contributed by atoms with Gasteiger partial charge in [0.05, 0.1) is 19.8 Å². The molecule has 38 heavy (non-hydrogen) atoms. The zero-order valence-corrected chi connectivity index (χ0v) is 20.9. The highest BCUT2D eigenvalue weighted by atomic mass is 19.4. The Labute approximate surface area is 217 Å². The Morgan fingerprint density at radius 3 is 2.58 bits per heavy atom. The van der Waals surface area contributed by atoms with E-state index in [1.165, 1.54) is 11.3 Å². The normalized spacial score (nSPS) is 23.9. The van der Waals surface area contributed by atoms with Crippen LogP contribution in [0.3, 0.4) is 0 Å². The molecule has 5 heterocycles. The van der Waals surface area contributed by atoms with Crippen molar-refractivity contribution < 1.29 is 22.7 Å². The third kappa shape index (κ3) is 3.99. The number of alkyl halides is 3. The molecule has 2 saturated heterocycles. The van der Waals surface area contributed by atoms with Crippen molar-refractivity contribution in [1.82, 2.24) is 24.6 Å². The second-order valence-corrected chi connectivity index (χ2v) is 11.2. The number of benzene rings is 1. The minimum absolute atomic E-state index is 0.0442. The van der Waals surface area contributed by atoms with E-state index in [0.717, 1.165) is 36.1 Å². The Morgan fingerprint density at radius 2 is 1.92 bits per heavy atom. The number of carbonyl (C=O) groups is 1. The molecule has 11 heteroatoms. The summed E-state index contributed by atoms with van der Waals surface area (Å²) in [6.45, 7) is 3.43. The molecule has 2 unspecified atom stereocenters. The highest BCUT2D eigenvalue weighted by Crippen LogP contribution is 2.45. The first kappa shape index (κ1) is 23.8. The van der Waals surface area contributed by atoms with Crippen LogP contribution in [-0.2, 0) is 42.9 Å². The van der Waals surface area contributed by atoms with E-state index in [9.17, 15) is 18.0 Å². The molecular weight excluding hydrogens is 497 g/mol. The molecule has 1 aliphatic carbocycles. The van der Waals surface area contributed by atoms with Crippen LogP contribution in [0, 0.1) is 11.8 Å². The SMILES string of the molecule is Cn1cnnc1CC1(c2ccc3c(c2)C(=O)N(c2cc(CN4CC5CC5C4)cc(C(F)(F)F)n2)C3)COC1. The summed E-state index contributed by atoms with van der Waals surface area (Å²) in [5.74, 6) is 1.89. The maximum atomic E-state index is 13.8. The average molecular weight is 525 g/mol. The van der Waals surface area contributed by atoms with Gasteiger partial charge in [-0.2, -0.15) is 13.2 Å². The number of nitrogens with zero attached hydrogens (tertiary/aromatic N) is 6. The largest absolute Gasteiger partial charge is 0.433 e. The fourth-order valence-electron chi connectivity index (χ4n) is 6.13. The van der Waals surface area contributed by atoms with Gasteiger partial charge in [0.2, 0.25) is 0 Å². The van der Waals surface area contributed by atoms with Crippen LogP contribution in [0.5, 0.6) is 0 Å². The van der Waals surface area contributed by atoms with Crippen LogP contribution in [0.15, 0.2) is 36.7 Å². The predicted molar refractivity (Wildman–Crippen MR) is 130 cm³/mol. The molecule has 8 nitrogen and oxygen atoms in total. The Hall–Kier alpha value is -3.31. The van der Waals surface area contributed by atoms with Gasteiger partial charge in [0.25, 0.3) is 5.91 Å². The molecule has 3 aliphatic heterocycles. The minimum Gasteiger partial charge on any atom is -0.379 e. The summed E-state index contributed by atoms with van der Waals surface area (Å²) in [5, 5.41) is 8.17. The number of anilines is 1. The van der Waals surface area contributed by atoms with Crippen LogP contribution in [0.25, 0.3) is 0 Å². The number of likely N-dealkylation sites (tertiary alicyclic amines) is 1. The topological polar surface area (TPSA) is 76.4 Å². The van der Waals surface area contributed by atoms with E-state index < -0.39 is 11.9 Å². The Morgan fingerprint density at radius 1 is 1.13 bits per heavy atom. The summed E-state index contributed by atoms with van der Waals surface area (Å²) in [6, 6.07) is 8.50. The van der Waals surface area contributed by atoms with Crippen molar-refractivity contribution >= 4 is 11.7 Å². The number of fused-ring (bicyclic) bond motifs is 2. The Balaban J connectivity index is 1.18. The third-order valence-corrected chi connectivity index (χ3v) is 8.48. The molecule has 0 N–H and O–H groups in total. The fourth-order valence-corrected chi connectivity index (χ4v) is 6.13.